The zero-order valence-electron chi connectivity index (χ0n) is 7.42. The van der Waals surface area contributed by atoms with E-state index in [0.717, 1.165) is 0 Å². The number of sulfone groups is 1. The van der Waals surface area contributed by atoms with Crippen molar-refractivity contribution in [3.05, 3.63) is 0 Å². The second-order valence-electron chi connectivity index (χ2n) is 3.67. The second-order valence-corrected chi connectivity index (χ2v) is 6.66. The molecule has 1 aliphatic rings. The SMILES string of the molecule is CC1CS(=O)(=O)C(C)(C)C(=S)N1. The third-order valence-corrected chi connectivity index (χ3v) is 5.63. The molecule has 3 nitrogen and oxygen atoms in total. The van der Waals surface area contributed by atoms with Crippen LogP contribution >= 0.6 is 12.2 Å². The van der Waals surface area contributed by atoms with Crippen molar-refractivity contribution in [1.82, 2.24) is 5.32 Å². The maximum Gasteiger partial charge on any atom is 0.163 e. The molecule has 0 amide bonds. The highest BCUT2D eigenvalue weighted by atomic mass is 32.2. The van der Waals surface area contributed by atoms with E-state index in [-0.39, 0.29) is 11.8 Å². The van der Waals surface area contributed by atoms with Crippen LogP contribution in [0.25, 0.3) is 0 Å². The minimum absolute atomic E-state index is 0.0597. The van der Waals surface area contributed by atoms with Crippen LogP contribution in [-0.4, -0.2) is 29.9 Å². The summed E-state index contributed by atoms with van der Waals surface area (Å²) in [4.78, 5) is 0.432. The molecule has 0 aromatic heterocycles. The van der Waals surface area contributed by atoms with Gasteiger partial charge in [0.2, 0.25) is 0 Å². The molecule has 1 aliphatic heterocycles. The minimum Gasteiger partial charge on any atom is -0.375 e. The van der Waals surface area contributed by atoms with Gasteiger partial charge in [-0.3, -0.25) is 0 Å². The third-order valence-electron chi connectivity index (χ3n) is 2.17. The van der Waals surface area contributed by atoms with Gasteiger partial charge in [0.15, 0.2) is 9.84 Å². The molecule has 0 bridgehead atoms. The van der Waals surface area contributed by atoms with Crippen LogP contribution in [0.3, 0.4) is 0 Å². The molecule has 0 aromatic rings. The van der Waals surface area contributed by atoms with E-state index in [9.17, 15) is 8.42 Å². The van der Waals surface area contributed by atoms with E-state index < -0.39 is 14.6 Å². The molecule has 1 rings (SSSR count). The Morgan fingerprint density at radius 2 is 2.08 bits per heavy atom. The number of rotatable bonds is 0. The molecule has 70 valence electrons. The van der Waals surface area contributed by atoms with E-state index in [1.54, 1.807) is 13.8 Å². The number of thiocarbonyl (C=S) groups is 1. The van der Waals surface area contributed by atoms with Crippen molar-refractivity contribution in [3.63, 3.8) is 0 Å². The predicted molar refractivity (Wildman–Crippen MR) is 53.1 cm³/mol. The Morgan fingerprint density at radius 3 is 2.50 bits per heavy atom. The van der Waals surface area contributed by atoms with Crippen molar-refractivity contribution in [1.29, 1.82) is 0 Å². The van der Waals surface area contributed by atoms with E-state index >= 15 is 0 Å². The Labute approximate surface area is 78.5 Å². The quantitative estimate of drug-likeness (QED) is 0.588. The maximum atomic E-state index is 11.6. The summed E-state index contributed by atoms with van der Waals surface area (Å²) < 4.78 is 22.3. The number of nitrogens with one attached hydrogen (secondary N) is 1. The van der Waals surface area contributed by atoms with Gasteiger partial charge in [-0.1, -0.05) is 12.2 Å². The lowest BCUT2D eigenvalue weighted by molar-refractivity contribution is 0.551. The lowest BCUT2D eigenvalue weighted by atomic mass is 10.2. The van der Waals surface area contributed by atoms with E-state index in [4.69, 9.17) is 12.2 Å². The van der Waals surface area contributed by atoms with Crippen LogP contribution in [0.5, 0.6) is 0 Å². The molecule has 1 fully saturated rings. The van der Waals surface area contributed by atoms with Gasteiger partial charge in [-0.2, -0.15) is 0 Å². The zero-order valence-corrected chi connectivity index (χ0v) is 9.05. The Hall–Kier alpha value is -0.160. The fraction of sp³-hybridized carbons (Fsp3) is 0.857. The molecular weight excluding hydrogens is 194 g/mol. The predicted octanol–water partition coefficient (Wildman–Crippen LogP) is 0.499. The Morgan fingerprint density at radius 1 is 1.58 bits per heavy atom. The normalized spacial score (nSPS) is 32.6. The van der Waals surface area contributed by atoms with Crippen LogP contribution in [0.2, 0.25) is 0 Å². The maximum absolute atomic E-state index is 11.6. The average Bonchev–Trinajstić information content (AvgIpc) is 1.82. The summed E-state index contributed by atoms with van der Waals surface area (Å²) in [5.74, 6) is 0.167. The monoisotopic (exact) mass is 207 g/mol. The lowest BCUT2D eigenvalue weighted by Crippen LogP contribution is -2.58. The van der Waals surface area contributed by atoms with Crippen molar-refractivity contribution >= 4 is 27.0 Å². The summed E-state index contributed by atoms with van der Waals surface area (Å²) in [6, 6.07) is -0.0597. The molecular formula is C7H13NO2S2. The molecule has 0 aromatic carbocycles. The third kappa shape index (κ3) is 1.35. The fourth-order valence-corrected chi connectivity index (χ4v) is 3.20. The smallest absolute Gasteiger partial charge is 0.163 e. The summed E-state index contributed by atoms with van der Waals surface area (Å²) in [5, 5.41) is 2.98. The molecule has 1 heterocycles. The first kappa shape index (κ1) is 9.92. The van der Waals surface area contributed by atoms with Crippen LogP contribution < -0.4 is 5.32 Å². The topological polar surface area (TPSA) is 46.2 Å². The summed E-state index contributed by atoms with van der Waals surface area (Å²) >= 11 is 4.98. The van der Waals surface area contributed by atoms with Crippen LogP contribution in [0.4, 0.5) is 0 Å². The lowest BCUT2D eigenvalue weighted by Gasteiger charge is -2.34. The van der Waals surface area contributed by atoms with Crippen molar-refractivity contribution in [3.8, 4) is 0 Å². The van der Waals surface area contributed by atoms with E-state index in [1.807, 2.05) is 6.92 Å². The van der Waals surface area contributed by atoms with Gasteiger partial charge in [-0.15, -0.1) is 0 Å². The van der Waals surface area contributed by atoms with Crippen molar-refractivity contribution < 1.29 is 8.42 Å². The minimum atomic E-state index is -3.06. The molecule has 5 heteroatoms. The van der Waals surface area contributed by atoms with Crippen LogP contribution in [0.15, 0.2) is 0 Å². The Bertz CT molecular complexity index is 305. The molecule has 1 saturated heterocycles. The van der Waals surface area contributed by atoms with Crippen LogP contribution in [-0.2, 0) is 9.84 Å². The van der Waals surface area contributed by atoms with Gasteiger partial charge in [0, 0.05) is 6.04 Å². The zero-order chi connectivity index (χ0) is 9.57. The summed E-state index contributed by atoms with van der Waals surface area (Å²) in [6.45, 7) is 5.10. The first-order valence-corrected chi connectivity index (χ1v) is 5.87. The van der Waals surface area contributed by atoms with Gasteiger partial charge in [0.25, 0.3) is 0 Å². The number of hydrogen-bond acceptors (Lipinski definition) is 3. The van der Waals surface area contributed by atoms with Crippen molar-refractivity contribution in [2.24, 2.45) is 0 Å². The Balaban J connectivity index is 3.12. The molecule has 0 saturated carbocycles. The van der Waals surface area contributed by atoms with E-state index in [0.29, 0.717) is 4.99 Å². The molecule has 0 aliphatic carbocycles. The average molecular weight is 207 g/mol. The summed E-state index contributed by atoms with van der Waals surface area (Å²) in [5.41, 5.74) is 0. The fourth-order valence-electron chi connectivity index (χ4n) is 1.12. The summed E-state index contributed by atoms with van der Waals surface area (Å²) in [7, 11) is -3.06. The van der Waals surface area contributed by atoms with Crippen molar-refractivity contribution in [2.45, 2.75) is 31.6 Å². The molecule has 1 unspecified atom stereocenters. The van der Waals surface area contributed by atoms with Crippen LogP contribution in [0.1, 0.15) is 20.8 Å². The first-order valence-electron chi connectivity index (χ1n) is 3.80. The molecule has 1 atom stereocenters. The van der Waals surface area contributed by atoms with E-state index in [1.165, 1.54) is 0 Å². The molecule has 0 radical (unpaired) electrons. The molecule has 0 spiro atoms. The Kier molecular flexibility index (Phi) is 2.21. The highest BCUT2D eigenvalue weighted by molar-refractivity contribution is 7.95. The van der Waals surface area contributed by atoms with Gasteiger partial charge >= 0.3 is 0 Å². The standard InChI is InChI=1S/C7H13NO2S2/c1-5-4-12(9,10)7(2,3)6(11)8-5/h5H,4H2,1-3H3,(H,8,11). The van der Waals surface area contributed by atoms with Crippen LogP contribution in [0, 0.1) is 0 Å². The van der Waals surface area contributed by atoms with Gasteiger partial charge in [0.1, 0.15) is 4.75 Å². The molecule has 12 heavy (non-hydrogen) atoms. The van der Waals surface area contributed by atoms with Gasteiger partial charge in [-0.05, 0) is 20.8 Å². The van der Waals surface area contributed by atoms with Crippen molar-refractivity contribution in [2.75, 3.05) is 5.75 Å². The molecule has 1 N–H and O–H groups in total. The van der Waals surface area contributed by atoms with Gasteiger partial charge in [-0.25, -0.2) is 8.42 Å². The number of hydrogen-bond donors (Lipinski definition) is 1. The summed E-state index contributed by atoms with van der Waals surface area (Å²) in [6.07, 6.45) is 0. The van der Waals surface area contributed by atoms with Gasteiger partial charge < -0.3 is 5.32 Å². The first-order chi connectivity index (χ1) is 5.27. The largest absolute Gasteiger partial charge is 0.375 e. The second kappa shape index (κ2) is 2.67. The van der Waals surface area contributed by atoms with Gasteiger partial charge in [0.05, 0.1) is 10.7 Å². The van der Waals surface area contributed by atoms with E-state index in [2.05, 4.69) is 5.32 Å². The highest BCUT2D eigenvalue weighted by Crippen LogP contribution is 2.23. The highest BCUT2D eigenvalue weighted by Gasteiger charge is 2.43.